The number of hydrogen-bond donors (Lipinski definition) is 0. The molecule has 1 atom stereocenters. The SMILES string of the molecule is CCOC(=O)C1(CCCCCCC2CCCC2)CO1. The van der Waals surface area contributed by atoms with Gasteiger partial charge in [0.15, 0.2) is 5.60 Å². The van der Waals surface area contributed by atoms with Gasteiger partial charge in [-0.05, 0) is 25.7 Å². The topological polar surface area (TPSA) is 38.8 Å². The van der Waals surface area contributed by atoms with Gasteiger partial charge in [0.05, 0.1) is 13.2 Å². The van der Waals surface area contributed by atoms with Gasteiger partial charge in [0.25, 0.3) is 0 Å². The molecule has 1 saturated heterocycles. The van der Waals surface area contributed by atoms with Crippen LogP contribution in [0.5, 0.6) is 0 Å². The Hall–Kier alpha value is -0.570. The van der Waals surface area contributed by atoms with Crippen molar-refractivity contribution >= 4 is 5.97 Å². The zero-order valence-electron chi connectivity index (χ0n) is 12.3. The van der Waals surface area contributed by atoms with Crippen LogP contribution in [0.4, 0.5) is 0 Å². The molecule has 2 rings (SSSR count). The number of ether oxygens (including phenoxy) is 2. The Morgan fingerprint density at radius 1 is 1.21 bits per heavy atom. The van der Waals surface area contributed by atoms with E-state index in [2.05, 4.69) is 0 Å². The van der Waals surface area contributed by atoms with E-state index in [0.29, 0.717) is 13.2 Å². The maximum atomic E-state index is 11.7. The molecule has 1 heterocycles. The van der Waals surface area contributed by atoms with Gasteiger partial charge in [0.2, 0.25) is 0 Å². The summed E-state index contributed by atoms with van der Waals surface area (Å²) in [5.41, 5.74) is -0.554. The minimum absolute atomic E-state index is 0.152. The maximum Gasteiger partial charge on any atom is 0.340 e. The molecule has 0 bridgehead atoms. The molecule has 1 aliphatic carbocycles. The summed E-state index contributed by atoms with van der Waals surface area (Å²) in [6.07, 6.45) is 13.0. The summed E-state index contributed by atoms with van der Waals surface area (Å²) < 4.78 is 10.4. The van der Waals surface area contributed by atoms with Gasteiger partial charge in [0, 0.05) is 0 Å². The van der Waals surface area contributed by atoms with Gasteiger partial charge < -0.3 is 9.47 Å². The molecule has 0 spiro atoms. The zero-order valence-corrected chi connectivity index (χ0v) is 12.3. The van der Waals surface area contributed by atoms with E-state index in [9.17, 15) is 4.79 Å². The first-order chi connectivity index (χ1) is 9.27. The van der Waals surface area contributed by atoms with Crippen molar-refractivity contribution in [3.05, 3.63) is 0 Å². The normalized spacial score (nSPS) is 26.6. The number of carbonyl (C=O) groups is 1. The summed E-state index contributed by atoms with van der Waals surface area (Å²) >= 11 is 0. The number of epoxide rings is 1. The molecule has 3 nitrogen and oxygen atoms in total. The lowest BCUT2D eigenvalue weighted by atomic mass is 9.97. The lowest BCUT2D eigenvalue weighted by molar-refractivity contribution is -0.149. The van der Waals surface area contributed by atoms with Crippen molar-refractivity contribution < 1.29 is 14.3 Å². The molecule has 0 radical (unpaired) electrons. The van der Waals surface area contributed by atoms with E-state index in [-0.39, 0.29) is 5.97 Å². The van der Waals surface area contributed by atoms with Crippen LogP contribution in [0.25, 0.3) is 0 Å². The average molecular weight is 268 g/mol. The van der Waals surface area contributed by atoms with Crippen molar-refractivity contribution in [3.63, 3.8) is 0 Å². The number of rotatable bonds is 9. The van der Waals surface area contributed by atoms with Crippen LogP contribution in [0.15, 0.2) is 0 Å². The zero-order chi connectivity index (χ0) is 13.6. The summed E-state index contributed by atoms with van der Waals surface area (Å²) in [5, 5.41) is 0. The van der Waals surface area contributed by atoms with Crippen molar-refractivity contribution in [2.24, 2.45) is 5.92 Å². The molecule has 3 heteroatoms. The van der Waals surface area contributed by atoms with E-state index >= 15 is 0 Å². The molecule has 19 heavy (non-hydrogen) atoms. The highest BCUT2D eigenvalue weighted by molar-refractivity contribution is 5.82. The van der Waals surface area contributed by atoms with Gasteiger partial charge in [-0.1, -0.05) is 51.4 Å². The van der Waals surface area contributed by atoms with E-state index in [1.807, 2.05) is 6.92 Å². The smallest absolute Gasteiger partial charge is 0.340 e. The third kappa shape index (κ3) is 4.48. The fourth-order valence-corrected chi connectivity index (χ4v) is 3.21. The maximum absolute atomic E-state index is 11.7. The van der Waals surface area contributed by atoms with Crippen molar-refractivity contribution in [2.45, 2.75) is 76.7 Å². The molecule has 1 unspecified atom stereocenters. The average Bonchev–Trinajstić information content (AvgIpc) is 3.02. The lowest BCUT2D eigenvalue weighted by Crippen LogP contribution is -2.27. The van der Waals surface area contributed by atoms with Crippen molar-refractivity contribution in [1.29, 1.82) is 0 Å². The number of carbonyl (C=O) groups excluding carboxylic acids is 1. The summed E-state index contributed by atoms with van der Waals surface area (Å²) in [5.74, 6) is 0.860. The first-order valence-electron chi connectivity index (χ1n) is 8.08. The molecule has 1 aliphatic heterocycles. The molecule has 0 aromatic rings. The van der Waals surface area contributed by atoms with Gasteiger partial charge in [0.1, 0.15) is 0 Å². The summed E-state index contributed by atoms with van der Waals surface area (Å²) in [7, 11) is 0. The molecule has 0 aromatic heterocycles. The Bertz CT molecular complexity index is 278. The Labute approximate surface area is 117 Å². The minimum atomic E-state index is -0.554. The molecule has 0 aromatic carbocycles. The molecule has 0 N–H and O–H groups in total. The quantitative estimate of drug-likeness (QED) is 0.362. The van der Waals surface area contributed by atoms with Crippen LogP contribution in [0.1, 0.15) is 71.1 Å². The molecule has 110 valence electrons. The van der Waals surface area contributed by atoms with E-state index in [0.717, 1.165) is 18.8 Å². The van der Waals surface area contributed by atoms with E-state index in [4.69, 9.17) is 9.47 Å². The van der Waals surface area contributed by atoms with E-state index < -0.39 is 5.60 Å². The van der Waals surface area contributed by atoms with Crippen molar-refractivity contribution in [2.75, 3.05) is 13.2 Å². The highest BCUT2D eigenvalue weighted by Gasteiger charge is 2.52. The largest absolute Gasteiger partial charge is 0.464 e. The fourth-order valence-electron chi connectivity index (χ4n) is 3.21. The standard InChI is InChI=1S/C16H28O3/c1-2-18-15(17)16(13-19-16)12-8-4-3-5-9-14-10-6-7-11-14/h14H,2-13H2,1H3. The summed E-state index contributed by atoms with van der Waals surface area (Å²) in [6, 6.07) is 0. The second-order valence-electron chi connectivity index (χ2n) is 6.11. The third-order valence-electron chi connectivity index (χ3n) is 4.56. The van der Waals surface area contributed by atoms with Crippen LogP contribution in [-0.4, -0.2) is 24.8 Å². The predicted molar refractivity (Wildman–Crippen MR) is 75.0 cm³/mol. The Kier molecular flexibility index (Phi) is 5.68. The monoisotopic (exact) mass is 268 g/mol. The van der Waals surface area contributed by atoms with Crippen LogP contribution in [-0.2, 0) is 14.3 Å². The molecular formula is C16H28O3. The van der Waals surface area contributed by atoms with Gasteiger partial charge >= 0.3 is 5.97 Å². The van der Waals surface area contributed by atoms with Crippen LogP contribution in [0.3, 0.4) is 0 Å². The number of esters is 1. The lowest BCUT2D eigenvalue weighted by Gasteiger charge is -2.11. The Balaban J connectivity index is 1.48. The Morgan fingerprint density at radius 2 is 1.89 bits per heavy atom. The first-order valence-corrected chi connectivity index (χ1v) is 8.08. The van der Waals surface area contributed by atoms with Crippen molar-refractivity contribution in [3.8, 4) is 0 Å². The van der Waals surface area contributed by atoms with Crippen LogP contribution in [0, 0.1) is 5.92 Å². The second-order valence-corrected chi connectivity index (χ2v) is 6.11. The third-order valence-corrected chi connectivity index (χ3v) is 4.56. The van der Waals surface area contributed by atoms with E-state index in [1.165, 1.54) is 51.4 Å². The molecule has 2 aliphatic rings. The number of unbranched alkanes of at least 4 members (excludes halogenated alkanes) is 3. The second kappa shape index (κ2) is 7.28. The van der Waals surface area contributed by atoms with Crippen LogP contribution >= 0.6 is 0 Å². The van der Waals surface area contributed by atoms with E-state index in [1.54, 1.807) is 0 Å². The molecule has 2 fully saturated rings. The van der Waals surface area contributed by atoms with Gasteiger partial charge in [-0.15, -0.1) is 0 Å². The fraction of sp³-hybridized carbons (Fsp3) is 0.938. The summed E-state index contributed by atoms with van der Waals surface area (Å²) in [4.78, 5) is 11.7. The van der Waals surface area contributed by atoms with Crippen LogP contribution in [0.2, 0.25) is 0 Å². The predicted octanol–water partition coefficient (Wildman–Crippen LogP) is 3.85. The summed E-state index contributed by atoms with van der Waals surface area (Å²) in [6.45, 7) is 2.86. The minimum Gasteiger partial charge on any atom is -0.464 e. The molecule has 0 amide bonds. The van der Waals surface area contributed by atoms with Gasteiger partial charge in [-0.25, -0.2) is 4.79 Å². The first kappa shape index (κ1) is 14.8. The van der Waals surface area contributed by atoms with Gasteiger partial charge in [-0.3, -0.25) is 0 Å². The van der Waals surface area contributed by atoms with Crippen molar-refractivity contribution in [1.82, 2.24) is 0 Å². The van der Waals surface area contributed by atoms with Gasteiger partial charge in [-0.2, -0.15) is 0 Å². The molecular weight excluding hydrogens is 240 g/mol. The molecule has 1 saturated carbocycles. The highest BCUT2D eigenvalue weighted by Crippen LogP contribution is 2.35. The Morgan fingerprint density at radius 3 is 2.53 bits per heavy atom. The van der Waals surface area contributed by atoms with Crippen LogP contribution < -0.4 is 0 Å². The highest BCUT2D eigenvalue weighted by atomic mass is 16.6. The number of hydrogen-bond acceptors (Lipinski definition) is 3.